The molecule has 2 N–H and O–H groups in total. The molecule has 0 rings (SSSR count). The number of aliphatic hydroxyl groups is 1. The van der Waals surface area contributed by atoms with E-state index in [-0.39, 0.29) is 0 Å². The van der Waals surface area contributed by atoms with Gasteiger partial charge in [-0.05, 0) is 38.6 Å². The van der Waals surface area contributed by atoms with E-state index in [2.05, 4.69) is 26.1 Å². The molecular formula is C12H27NO. The van der Waals surface area contributed by atoms with Crippen molar-refractivity contribution in [3.8, 4) is 0 Å². The second-order valence-electron chi connectivity index (χ2n) is 4.61. The van der Waals surface area contributed by atoms with E-state index in [0.717, 1.165) is 25.3 Å². The second kappa shape index (κ2) is 9.47. The smallest absolute Gasteiger partial charge is 0.0431 e. The fraction of sp³-hybridized carbons (Fsp3) is 1.00. The molecule has 1 atom stereocenters. The van der Waals surface area contributed by atoms with Crippen LogP contribution < -0.4 is 5.32 Å². The van der Waals surface area contributed by atoms with Crippen molar-refractivity contribution >= 4 is 0 Å². The summed E-state index contributed by atoms with van der Waals surface area (Å²) in [6.07, 6.45) is 5.95. The first-order valence-corrected chi connectivity index (χ1v) is 6.01. The van der Waals surface area contributed by atoms with Crippen LogP contribution in [0.5, 0.6) is 0 Å². The van der Waals surface area contributed by atoms with E-state index in [9.17, 15) is 0 Å². The Morgan fingerprint density at radius 3 is 2.29 bits per heavy atom. The molecule has 0 heterocycles. The van der Waals surface area contributed by atoms with Crippen molar-refractivity contribution in [3.05, 3.63) is 0 Å². The van der Waals surface area contributed by atoms with Crippen LogP contribution in [0.3, 0.4) is 0 Å². The van der Waals surface area contributed by atoms with Gasteiger partial charge in [0.25, 0.3) is 0 Å². The minimum absolute atomic E-state index is 0.319. The molecule has 0 amide bonds. The molecule has 2 heteroatoms. The molecule has 0 aliphatic rings. The number of unbranched alkanes of at least 4 members (excludes halogenated alkanes) is 1. The number of nitrogens with one attached hydrogen (secondary N) is 1. The van der Waals surface area contributed by atoms with Crippen molar-refractivity contribution in [2.24, 2.45) is 5.92 Å². The van der Waals surface area contributed by atoms with E-state index in [1.165, 1.54) is 19.3 Å². The summed E-state index contributed by atoms with van der Waals surface area (Å²) in [4.78, 5) is 0. The normalized spacial score (nSPS) is 13.5. The van der Waals surface area contributed by atoms with Crippen molar-refractivity contribution < 1.29 is 5.11 Å². The lowest BCUT2D eigenvalue weighted by molar-refractivity contribution is 0.276. The lowest BCUT2D eigenvalue weighted by atomic mass is 10.1. The van der Waals surface area contributed by atoms with Gasteiger partial charge in [-0.2, -0.15) is 0 Å². The third-order valence-corrected chi connectivity index (χ3v) is 2.50. The van der Waals surface area contributed by atoms with Gasteiger partial charge in [0.15, 0.2) is 0 Å². The summed E-state index contributed by atoms with van der Waals surface area (Å²) in [6, 6.07) is 0.557. The van der Waals surface area contributed by atoms with Crippen LogP contribution in [0.15, 0.2) is 0 Å². The minimum Gasteiger partial charge on any atom is -0.396 e. The van der Waals surface area contributed by atoms with Gasteiger partial charge in [-0.1, -0.05) is 26.7 Å². The predicted molar refractivity (Wildman–Crippen MR) is 62.5 cm³/mol. The molecule has 0 aliphatic heterocycles. The fourth-order valence-corrected chi connectivity index (χ4v) is 1.53. The van der Waals surface area contributed by atoms with Crippen LogP contribution in [0, 0.1) is 5.92 Å². The average molecular weight is 201 g/mol. The zero-order chi connectivity index (χ0) is 10.8. The quantitative estimate of drug-likeness (QED) is 0.562. The van der Waals surface area contributed by atoms with Crippen LogP contribution in [-0.2, 0) is 0 Å². The fourth-order valence-electron chi connectivity index (χ4n) is 1.53. The highest BCUT2D eigenvalue weighted by Gasteiger charge is 2.00. The highest BCUT2D eigenvalue weighted by atomic mass is 16.2. The lowest BCUT2D eigenvalue weighted by Gasteiger charge is -2.13. The molecule has 0 saturated carbocycles. The first kappa shape index (κ1) is 13.9. The van der Waals surface area contributed by atoms with Crippen LogP contribution in [0.25, 0.3) is 0 Å². The number of hydrogen-bond donors (Lipinski definition) is 2. The van der Waals surface area contributed by atoms with E-state index in [1.54, 1.807) is 0 Å². The maximum atomic E-state index is 8.66. The van der Waals surface area contributed by atoms with Crippen LogP contribution in [0.2, 0.25) is 0 Å². The molecule has 0 fully saturated rings. The highest BCUT2D eigenvalue weighted by molar-refractivity contribution is 4.60. The van der Waals surface area contributed by atoms with Gasteiger partial charge in [0.05, 0.1) is 0 Å². The second-order valence-corrected chi connectivity index (χ2v) is 4.61. The topological polar surface area (TPSA) is 32.3 Å². The SMILES string of the molecule is CC(C)CCCCNC(C)CCCO. The molecule has 86 valence electrons. The van der Waals surface area contributed by atoms with E-state index < -0.39 is 0 Å². The van der Waals surface area contributed by atoms with Crippen molar-refractivity contribution in [1.29, 1.82) is 0 Å². The monoisotopic (exact) mass is 201 g/mol. The molecule has 2 nitrogen and oxygen atoms in total. The maximum Gasteiger partial charge on any atom is 0.0431 e. The van der Waals surface area contributed by atoms with Crippen molar-refractivity contribution in [1.82, 2.24) is 5.32 Å². The zero-order valence-corrected chi connectivity index (χ0v) is 10.1. The Labute approximate surface area is 89.1 Å². The Balaban J connectivity index is 3.10. The van der Waals surface area contributed by atoms with E-state index in [1.807, 2.05) is 0 Å². The summed E-state index contributed by atoms with van der Waals surface area (Å²) < 4.78 is 0. The number of rotatable bonds is 9. The Bertz CT molecular complexity index is 115. The van der Waals surface area contributed by atoms with Gasteiger partial charge in [-0.25, -0.2) is 0 Å². The molecule has 14 heavy (non-hydrogen) atoms. The molecular weight excluding hydrogens is 174 g/mol. The Morgan fingerprint density at radius 2 is 1.71 bits per heavy atom. The zero-order valence-electron chi connectivity index (χ0n) is 10.1. The van der Waals surface area contributed by atoms with Gasteiger partial charge >= 0.3 is 0 Å². The minimum atomic E-state index is 0.319. The molecule has 0 aromatic rings. The van der Waals surface area contributed by atoms with Gasteiger partial charge < -0.3 is 10.4 Å². The van der Waals surface area contributed by atoms with E-state index in [4.69, 9.17) is 5.11 Å². The van der Waals surface area contributed by atoms with Gasteiger partial charge in [-0.3, -0.25) is 0 Å². The standard InChI is InChI=1S/C12H27NO/c1-11(2)7-4-5-9-13-12(3)8-6-10-14/h11-14H,4-10H2,1-3H3. The first-order valence-electron chi connectivity index (χ1n) is 6.01. The molecule has 0 aromatic carbocycles. The summed E-state index contributed by atoms with van der Waals surface area (Å²) in [5.41, 5.74) is 0. The molecule has 0 aromatic heterocycles. The van der Waals surface area contributed by atoms with Crippen molar-refractivity contribution in [3.63, 3.8) is 0 Å². The molecule has 0 saturated heterocycles. The summed E-state index contributed by atoms with van der Waals surface area (Å²) in [5.74, 6) is 0.835. The Morgan fingerprint density at radius 1 is 1.00 bits per heavy atom. The molecule has 0 aliphatic carbocycles. The Hall–Kier alpha value is -0.0800. The molecule has 0 spiro atoms. The third kappa shape index (κ3) is 10.0. The number of aliphatic hydroxyl groups excluding tert-OH is 1. The van der Waals surface area contributed by atoms with Crippen LogP contribution in [0.4, 0.5) is 0 Å². The molecule has 0 radical (unpaired) electrons. The van der Waals surface area contributed by atoms with Crippen molar-refractivity contribution in [2.75, 3.05) is 13.2 Å². The van der Waals surface area contributed by atoms with Gasteiger partial charge in [-0.15, -0.1) is 0 Å². The van der Waals surface area contributed by atoms with Crippen LogP contribution in [-0.4, -0.2) is 24.3 Å². The average Bonchev–Trinajstić information content (AvgIpc) is 2.13. The van der Waals surface area contributed by atoms with Gasteiger partial charge in [0.2, 0.25) is 0 Å². The molecule has 1 unspecified atom stereocenters. The lowest BCUT2D eigenvalue weighted by Crippen LogP contribution is -2.27. The first-order chi connectivity index (χ1) is 6.66. The Kier molecular flexibility index (Phi) is 9.42. The highest BCUT2D eigenvalue weighted by Crippen LogP contribution is 2.05. The summed E-state index contributed by atoms with van der Waals surface area (Å²) in [7, 11) is 0. The van der Waals surface area contributed by atoms with Crippen LogP contribution in [0.1, 0.15) is 52.9 Å². The summed E-state index contributed by atoms with van der Waals surface area (Å²) in [5, 5.41) is 12.1. The largest absolute Gasteiger partial charge is 0.396 e. The summed E-state index contributed by atoms with van der Waals surface area (Å²) >= 11 is 0. The van der Waals surface area contributed by atoms with Gasteiger partial charge in [0, 0.05) is 12.6 Å². The van der Waals surface area contributed by atoms with Gasteiger partial charge in [0.1, 0.15) is 0 Å². The van der Waals surface area contributed by atoms with E-state index >= 15 is 0 Å². The third-order valence-electron chi connectivity index (χ3n) is 2.50. The predicted octanol–water partition coefficient (Wildman–Crippen LogP) is 2.56. The molecule has 0 bridgehead atoms. The summed E-state index contributed by atoms with van der Waals surface area (Å²) in [6.45, 7) is 8.19. The number of hydrogen-bond acceptors (Lipinski definition) is 2. The van der Waals surface area contributed by atoms with E-state index in [0.29, 0.717) is 12.6 Å². The van der Waals surface area contributed by atoms with Crippen molar-refractivity contribution in [2.45, 2.75) is 58.9 Å². The maximum absolute atomic E-state index is 8.66. The van der Waals surface area contributed by atoms with Crippen LogP contribution >= 0.6 is 0 Å².